The highest BCUT2D eigenvalue weighted by Gasteiger charge is 2.36. The van der Waals surface area contributed by atoms with E-state index in [2.05, 4.69) is 19.2 Å². The van der Waals surface area contributed by atoms with Crippen molar-refractivity contribution < 1.29 is 14.9 Å². The van der Waals surface area contributed by atoms with Crippen LogP contribution < -0.4 is 5.32 Å². The second-order valence-corrected chi connectivity index (χ2v) is 7.65. The first-order chi connectivity index (χ1) is 9.39. The molecule has 2 aliphatic carbocycles. The molecule has 1 atom stereocenters. The smallest absolute Gasteiger partial charge is 0.0897 e. The lowest BCUT2D eigenvalue weighted by molar-refractivity contribution is -0.0281. The minimum atomic E-state index is -0.593. The average Bonchev–Trinajstić information content (AvgIpc) is 3.18. The van der Waals surface area contributed by atoms with Gasteiger partial charge >= 0.3 is 0 Å². The van der Waals surface area contributed by atoms with Crippen LogP contribution in [0.4, 0.5) is 0 Å². The Morgan fingerprint density at radius 1 is 1.20 bits per heavy atom. The van der Waals surface area contributed by atoms with Crippen molar-refractivity contribution in [2.75, 3.05) is 26.3 Å². The summed E-state index contributed by atoms with van der Waals surface area (Å²) in [6.45, 7) is 6.78. The number of aliphatic hydroxyl groups is 2. The van der Waals surface area contributed by atoms with Gasteiger partial charge in [0.1, 0.15) is 0 Å². The zero-order valence-electron chi connectivity index (χ0n) is 13.0. The topological polar surface area (TPSA) is 61.7 Å². The molecule has 3 N–H and O–H groups in total. The predicted octanol–water partition coefficient (Wildman–Crippen LogP) is 1.69. The molecule has 0 radical (unpaired) electrons. The van der Waals surface area contributed by atoms with Crippen molar-refractivity contribution in [3.05, 3.63) is 0 Å². The summed E-state index contributed by atoms with van der Waals surface area (Å²) >= 11 is 0. The molecule has 2 rings (SSSR count). The number of hydrogen-bond acceptors (Lipinski definition) is 4. The molecule has 0 spiro atoms. The van der Waals surface area contributed by atoms with E-state index in [1.807, 2.05) is 0 Å². The van der Waals surface area contributed by atoms with E-state index in [1.54, 1.807) is 0 Å². The lowest BCUT2D eigenvalue weighted by Crippen LogP contribution is -2.46. The van der Waals surface area contributed by atoms with E-state index in [0.717, 1.165) is 38.2 Å². The first kappa shape index (κ1) is 16.2. The van der Waals surface area contributed by atoms with Gasteiger partial charge in [-0.3, -0.25) is 0 Å². The summed E-state index contributed by atoms with van der Waals surface area (Å²) in [5.74, 6) is 0.737. The fraction of sp³-hybridized carbons (Fsp3) is 1.00. The van der Waals surface area contributed by atoms with Crippen LogP contribution in [0, 0.1) is 11.3 Å². The summed E-state index contributed by atoms with van der Waals surface area (Å²) in [6, 6.07) is 0. The molecule has 0 aromatic heterocycles. The van der Waals surface area contributed by atoms with Gasteiger partial charge < -0.3 is 20.3 Å². The van der Waals surface area contributed by atoms with Crippen LogP contribution in [-0.2, 0) is 4.74 Å². The molecule has 0 heterocycles. The Labute approximate surface area is 122 Å². The maximum absolute atomic E-state index is 10.5. The van der Waals surface area contributed by atoms with Crippen LogP contribution >= 0.6 is 0 Å². The number of hydrogen-bond donors (Lipinski definition) is 3. The molecule has 1 unspecified atom stereocenters. The molecular weight excluding hydrogens is 254 g/mol. The fourth-order valence-electron chi connectivity index (χ4n) is 2.75. The second kappa shape index (κ2) is 6.73. The third-order valence-electron chi connectivity index (χ3n) is 4.73. The molecule has 0 saturated heterocycles. The van der Waals surface area contributed by atoms with Gasteiger partial charge in [-0.25, -0.2) is 0 Å². The maximum Gasteiger partial charge on any atom is 0.0897 e. The molecule has 118 valence electrons. The van der Waals surface area contributed by atoms with Crippen LogP contribution in [0.2, 0.25) is 0 Å². The monoisotopic (exact) mass is 285 g/mol. The standard InChI is InChI=1S/C16H31NO3/c1-15(2)5-7-16(19,8-6-15)12-17-9-14(18)11-20-10-13-3-4-13/h13-14,17-19H,3-12H2,1-2H3. The second-order valence-electron chi connectivity index (χ2n) is 7.65. The molecule has 0 bridgehead atoms. The molecule has 2 aliphatic rings. The van der Waals surface area contributed by atoms with Crippen LogP contribution in [0.1, 0.15) is 52.4 Å². The molecule has 0 amide bonds. The van der Waals surface area contributed by atoms with Crippen LogP contribution in [0.15, 0.2) is 0 Å². The van der Waals surface area contributed by atoms with Crippen molar-refractivity contribution in [3.63, 3.8) is 0 Å². The number of ether oxygens (including phenoxy) is 1. The summed E-state index contributed by atoms with van der Waals surface area (Å²) in [4.78, 5) is 0. The van der Waals surface area contributed by atoms with Crippen LogP contribution in [0.25, 0.3) is 0 Å². The lowest BCUT2D eigenvalue weighted by atomic mass is 9.71. The van der Waals surface area contributed by atoms with E-state index in [0.29, 0.717) is 25.1 Å². The van der Waals surface area contributed by atoms with Crippen LogP contribution in [0.3, 0.4) is 0 Å². The maximum atomic E-state index is 10.5. The Bertz CT molecular complexity index is 292. The van der Waals surface area contributed by atoms with E-state index in [-0.39, 0.29) is 0 Å². The van der Waals surface area contributed by atoms with Crippen molar-refractivity contribution in [1.29, 1.82) is 0 Å². The molecule has 2 saturated carbocycles. The molecule has 20 heavy (non-hydrogen) atoms. The third-order valence-corrected chi connectivity index (χ3v) is 4.73. The van der Waals surface area contributed by atoms with Gasteiger partial charge in [0.05, 0.1) is 18.3 Å². The molecule has 4 heteroatoms. The summed E-state index contributed by atoms with van der Waals surface area (Å²) in [7, 11) is 0. The van der Waals surface area contributed by atoms with Gasteiger partial charge in [-0.2, -0.15) is 0 Å². The van der Waals surface area contributed by atoms with E-state index < -0.39 is 11.7 Å². The summed E-state index contributed by atoms with van der Waals surface area (Å²) in [5.41, 5.74) is -0.230. The third kappa shape index (κ3) is 5.68. The molecule has 4 nitrogen and oxygen atoms in total. The zero-order chi connectivity index (χ0) is 14.6. The highest BCUT2D eigenvalue weighted by atomic mass is 16.5. The Morgan fingerprint density at radius 3 is 2.45 bits per heavy atom. The zero-order valence-corrected chi connectivity index (χ0v) is 13.0. The summed E-state index contributed by atoms with van der Waals surface area (Å²) < 4.78 is 5.46. The van der Waals surface area contributed by atoms with Gasteiger partial charge in [-0.1, -0.05) is 13.8 Å². The largest absolute Gasteiger partial charge is 0.389 e. The Morgan fingerprint density at radius 2 is 1.85 bits per heavy atom. The van der Waals surface area contributed by atoms with Gasteiger partial charge in [0.15, 0.2) is 0 Å². The average molecular weight is 285 g/mol. The Balaban J connectivity index is 1.55. The Kier molecular flexibility index (Phi) is 5.46. The van der Waals surface area contributed by atoms with Crippen molar-refractivity contribution in [2.45, 2.75) is 64.1 Å². The van der Waals surface area contributed by atoms with Crippen molar-refractivity contribution >= 4 is 0 Å². The van der Waals surface area contributed by atoms with Crippen LogP contribution in [0.5, 0.6) is 0 Å². The first-order valence-corrected chi connectivity index (χ1v) is 8.08. The van der Waals surface area contributed by atoms with Gasteiger partial charge in [-0.05, 0) is 49.9 Å². The number of rotatable bonds is 8. The summed E-state index contributed by atoms with van der Waals surface area (Å²) in [5, 5.41) is 23.5. The quantitative estimate of drug-likeness (QED) is 0.635. The molecule has 0 aliphatic heterocycles. The lowest BCUT2D eigenvalue weighted by Gasteiger charge is -2.40. The van der Waals surface area contributed by atoms with Gasteiger partial charge in [0.25, 0.3) is 0 Å². The van der Waals surface area contributed by atoms with Crippen molar-refractivity contribution in [3.8, 4) is 0 Å². The van der Waals surface area contributed by atoms with E-state index >= 15 is 0 Å². The molecule has 0 aromatic rings. The molecule has 0 aromatic carbocycles. The highest BCUT2D eigenvalue weighted by molar-refractivity contribution is 4.90. The normalized spacial score (nSPS) is 26.4. The van der Waals surface area contributed by atoms with Crippen molar-refractivity contribution in [2.24, 2.45) is 11.3 Å². The summed E-state index contributed by atoms with van der Waals surface area (Å²) in [6.07, 6.45) is 5.91. The highest BCUT2D eigenvalue weighted by Crippen LogP contribution is 2.39. The van der Waals surface area contributed by atoms with Crippen LogP contribution in [-0.4, -0.2) is 48.2 Å². The fourth-order valence-corrected chi connectivity index (χ4v) is 2.75. The minimum absolute atomic E-state index is 0.363. The van der Waals surface area contributed by atoms with Gasteiger partial charge in [-0.15, -0.1) is 0 Å². The first-order valence-electron chi connectivity index (χ1n) is 8.08. The molecular formula is C16H31NO3. The predicted molar refractivity (Wildman–Crippen MR) is 79.6 cm³/mol. The van der Waals surface area contributed by atoms with E-state index in [4.69, 9.17) is 4.74 Å². The number of aliphatic hydroxyl groups excluding tert-OH is 1. The van der Waals surface area contributed by atoms with Crippen molar-refractivity contribution in [1.82, 2.24) is 5.32 Å². The van der Waals surface area contributed by atoms with E-state index in [9.17, 15) is 10.2 Å². The Hall–Kier alpha value is -0.160. The van der Waals surface area contributed by atoms with E-state index in [1.165, 1.54) is 12.8 Å². The van der Waals surface area contributed by atoms with Gasteiger partial charge in [0.2, 0.25) is 0 Å². The van der Waals surface area contributed by atoms with Gasteiger partial charge in [0, 0.05) is 19.7 Å². The SMILES string of the molecule is CC1(C)CCC(O)(CNCC(O)COCC2CC2)CC1. The molecule has 2 fully saturated rings. The number of nitrogens with one attached hydrogen (secondary N) is 1. The minimum Gasteiger partial charge on any atom is -0.389 e.